The number of rotatable bonds is 5. The second-order valence-corrected chi connectivity index (χ2v) is 6.61. The Hall–Kier alpha value is -3.38. The Balaban J connectivity index is 1.74. The highest BCUT2D eigenvalue weighted by Crippen LogP contribution is 2.30. The van der Waals surface area contributed by atoms with Gasteiger partial charge in [-0.15, -0.1) is 0 Å². The molecule has 0 radical (unpaired) electrons. The fourth-order valence-corrected chi connectivity index (χ4v) is 3.16. The van der Waals surface area contributed by atoms with Crippen molar-refractivity contribution in [3.63, 3.8) is 0 Å². The Kier molecular flexibility index (Phi) is 4.71. The molecule has 0 bridgehead atoms. The van der Waals surface area contributed by atoms with E-state index in [0.717, 1.165) is 22.2 Å². The van der Waals surface area contributed by atoms with Gasteiger partial charge < -0.3 is 19.1 Å². The van der Waals surface area contributed by atoms with Gasteiger partial charge in [-0.1, -0.05) is 0 Å². The molecule has 6 nitrogen and oxygen atoms in total. The highest BCUT2D eigenvalue weighted by atomic mass is 16.5. The van der Waals surface area contributed by atoms with E-state index < -0.39 is 6.10 Å². The van der Waals surface area contributed by atoms with Crippen molar-refractivity contribution in [2.45, 2.75) is 6.10 Å². The molecule has 142 valence electrons. The molecule has 0 spiro atoms. The first-order chi connectivity index (χ1) is 13.6. The summed E-state index contributed by atoms with van der Waals surface area (Å²) >= 11 is 0. The predicted octanol–water partition coefficient (Wildman–Crippen LogP) is 3.73. The molecule has 4 rings (SSSR count). The molecule has 1 unspecified atom stereocenters. The van der Waals surface area contributed by atoms with Crippen molar-refractivity contribution in [2.24, 2.45) is 7.05 Å². The van der Waals surface area contributed by atoms with Crippen LogP contribution in [0.5, 0.6) is 11.5 Å². The number of pyridine rings is 2. The summed E-state index contributed by atoms with van der Waals surface area (Å²) in [5, 5.41) is 10.9. The topological polar surface area (TPSA) is 69.4 Å². The van der Waals surface area contributed by atoms with Crippen molar-refractivity contribution in [2.75, 3.05) is 14.2 Å². The zero-order valence-corrected chi connectivity index (χ0v) is 16.0. The molecule has 0 fully saturated rings. The first-order valence-corrected chi connectivity index (χ1v) is 8.87. The lowest BCUT2D eigenvalue weighted by atomic mass is 10.0. The van der Waals surface area contributed by atoms with E-state index in [1.54, 1.807) is 38.5 Å². The van der Waals surface area contributed by atoms with Crippen molar-refractivity contribution in [3.05, 3.63) is 72.3 Å². The molecule has 0 aliphatic rings. The predicted molar refractivity (Wildman–Crippen MR) is 108 cm³/mol. The number of aliphatic hydroxyl groups excluding tert-OH is 1. The van der Waals surface area contributed by atoms with Crippen LogP contribution >= 0.6 is 0 Å². The van der Waals surface area contributed by atoms with Crippen LogP contribution < -0.4 is 9.47 Å². The third kappa shape index (κ3) is 3.42. The largest absolute Gasteiger partial charge is 0.497 e. The van der Waals surface area contributed by atoms with Crippen molar-refractivity contribution in [3.8, 4) is 22.6 Å². The van der Waals surface area contributed by atoms with Crippen LogP contribution in [0.25, 0.3) is 22.2 Å². The average molecular weight is 375 g/mol. The maximum absolute atomic E-state index is 10.9. The van der Waals surface area contributed by atoms with Crippen LogP contribution in [0.4, 0.5) is 0 Å². The molecule has 0 saturated heterocycles. The number of benzene rings is 1. The van der Waals surface area contributed by atoms with E-state index in [1.165, 1.54) is 0 Å². The van der Waals surface area contributed by atoms with Crippen LogP contribution in [0.2, 0.25) is 0 Å². The molecule has 0 aliphatic heterocycles. The van der Waals surface area contributed by atoms with E-state index in [2.05, 4.69) is 9.97 Å². The van der Waals surface area contributed by atoms with Gasteiger partial charge in [0.05, 0.1) is 30.9 Å². The number of aryl methyl sites for hydroxylation is 1. The summed E-state index contributed by atoms with van der Waals surface area (Å²) < 4.78 is 12.6. The SMILES string of the molecule is COc1cc(OC)cc(C(O)c2ccc3ncc(-c4ccn(C)c4)cc3n2)c1. The normalized spacial score (nSPS) is 12.1. The molecule has 28 heavy (non-hydrogen) atoms. The fourth-order valence-electron chi connectivity index (χ4n) is 3.16. The molecule has 4 aromatic rings. The zero-order valence-electron chi connectivity index (χ0n) is 16.0. The lowest BCUT2D eigenvalue weighted by molar-refractivity contribution is 0.214. The molecule has 3 aromatic heterocycles. The maximum Gasteiger partial charge on any atom is 0.122 e. The van der Waals surface area contributed by atoms with Gasteiger partial charge in [-0.05, 0) is 42.0 Å². The van der Waals surface area contributed by atoms with Gasteiger partial charge >= 0.3 is 0 Å². The monoisotopic (exact) mass is 375 g/mol. The summed E-state index contributed by atoms with van der Waals surface area (Å²) in [7, 11) is 5.14. The van der Waals surface area contributed by atoms with Crippen LogP contribution in [-0.2, 0) is 7.05 Å². The number of hydrogen-bond donors (Lipinski definition) is 1. The highest BCUT2D eigenvalue weighted by molar-refractivity contribution is 5.80. The number of aromatic nitrogens is 3. The van der Waals surface area contributed by atoms with E-state index in [-0.39, 0.29) is 0 Å². The summed E-state index contributed by atoms with van der Waals surface area (Å²) in [6.07, 6.45) is 4.95. The number of fused-ring (bicyclic) bond motifs is 1. The molecule has 0 amide bonds. The van der Waals surface area contributed by atoms with Crippen LogP contribution in [0.1, 0.15) is 17.4 Å². The van der Waals surface area contributed by atoms with Crippen molar-refractivity contribution in [1.82, 2.24) is 14.5 Å². The Morgan fingerprint density at radius 3 is 2.32 bits per heavy atom. The van der Waals surface area contributed by atoms with E-state index in [0.29, 0.717) is 22.8 Å². The van der Waals surface area contributed by atoms with Gasteiger partial charge in [0.2, 0.25) is 0 Å². The lowest BCUT2D eigenvalue weighted by Gasteiger charge is -2.14. The Labute approximate surface area is 163 Å². The maximum atomic E-state index is 10.9. The number of nitrogens with zero attached hydrogens (tertiary/aromatic N) is 3. The second kappa shape index (κ2) is 7.32. The molecular formula is C22H21N3O3. The van der Waals surface area contributed by atoms with Gasteiger partial charge in [0.1, 0.15) is 17.6 Å². The molecule has 0 aliphatic carbocycles. The number of methoxy groups -OCH3 is 2. The molecular weight excluding hydrogens is 354 g/mol. The van der Waals surface area contributed by atoms with Gasteiger partial charge in [0, 0.05) is 42.8 Å². The molecule has 1 N–H and O–H groups in total. The molecule has 3 heterocycles. The smallest absolute Gasteiger partial charge is 0.122 e. The van der Waals surface area contributed by atoms with Gasteiger partial charge in [-0.25, -0.2) is 4.98 Å². The summed E-state index contributed by atoms with van der Waals surface area (Å²) in [6, 6.07) is 13.0. The third-order valence-corrected chi connectivity index (χ3v) is 4.69. The van der Waals surface area contributed by atoms with Crippen molar-refractivity contribution < 1.29 is 14.6 Å². The first kappa shape index (κ1) is 18.0. The van der Waals surface area contributed by atoms with Crippen LogP contribution in [0.15, 0.2) is 61.1 Å². The number of ether oxygens (including phenoxy) is 2. The highest BCUT2D eigenvalue weighted by Gasteiger charge is 2.16. The summed E-state index contributed by atoms with van der Waals surface area (Å²) in [5.74, 6) is 1.23. The van der Waals surface area contributed by atoms with Gasteiger partial charge in [-0.3, -0.25) is 4.98 Å². The van der Waals surface area contributed by atoms with Gasteiger partial charge in [-0.2, -0.15) is 0 Å². The lowest BCUT2D eigenvalue weighted by Crippen LogP contribution is -2.04. The number of hydrogen-bond acceptors (Lipinski definition) is 5. The minimum atomic E-state index is -0.909. The second-order valence-electron chi connectivity index (χ2n) is 6.61. The summed E-state index contributed by atoms with van der Waals surface area (Å²) in [4.78, 5) is 9.16. The zero-order chi connectivity index (χ0) is 19.7. The molecule has 0 saturated carbocycles. The van der Waals surface area contributed by atoms with E-state index in [4.69, 9.17) is 9.47 Å². The minimum absolute atomic E-state index is 0.537. The fraction of sp³-hybridized carbons (Fsp3) is 0.182. The standard InChI is InChI=1S/C22H21N3O3/c1-25-7-6-14(13-25)16-10-21-19(23-12-16)4-5-20(24-21)22(26)15-8-17(27-2)11-18(9-15)28-3/h4-13,22,26H,1-3H3. The van der Waals surface area contributed by atoms with E-state index >= 15 is 0 Å². The van der Waals surface area contributed by atoms with Crippen molar-refractivity contribution >= 4 is 11.0 Å². The molecule has 1 atom stereocenters. The summed E-state index contributed by atoms with van der Waals surface area (Å²) in [5.41, 5.74) is 4.74. The van der Waals surface area contributed by atoms with Crippen LogP contribution in [0.3, 0.4) is 0 Å². The molecule has 6 heteroatoms. The van der Waals surface area contributed by atoms with Crippen molar-refractivity contribution in [1.29, 1.82) is 0 Å². The quantitative estimate of drug-likeness (QED) is 0.576. The third-order valence-electron chi connectivity index (χ3n) is 4.69. The Bertz CT molecular complexity index is 1110. The average Bonchev–Trinajstić information content (AvgIpc) is 3.18. The first-order valence-electron chi connectivity index (χ1n) is 8.87. The summed E-state index contributed by atoms with van der Waals surface area (Å²) in [6.45, 7) is 0. The van der Waals surface area contributed by atoms with Gasteiger partial charge in [0.15, 0.2) is 0 Å². The number of aliphatic hydroxyl groups is 1. The van der Waals surface area contributed by atoms with Crippen LogP contribution in [-0.4, -0.2) is 33.9 Å². The van der Waals surface area contributed by atoms with Gasteiger partial charge in [0.25, 0.3) is 0 Å². The van der Waals surface area contributed by atoms with E-state index in [9.17, 15) is 5.11 Å². The molecule has 1 aromatic carbocycles. The Morgan fingerprint density at radius 2 is 1.68 bits per heavy atom. The Morgan fingerprint density at radius 1 is 0.929 bits per heavy atom. The van der Waals surface area contributed by atoms with Crippen LogP contribution in [0, 0.1) is 0 Å². The van der Waals surface area contributed by atoms with E-state index in [1.807, 2.05) is 48.4 Å². The minimum Gasteiger partial charge on any atom is -0.497 e.